The standard InChI is InChI=1S/C72H52ClN5O5S4/c73-65-60(75-70(87-65)76-71(49-31-13-3-14-32-49,50-33-15-4-16-34-50)51-35-17-5-18-36-51)61(77-83-72(52-37-19-6-20-38-52,53-39-21-7-22-40-53)54-41-23-8-24-42-54)66(80)74-62-67(81)78-63(69(84)82-64(47-27-9-1-10-28-47)48-29-11-2-12-30-48)56(46-85-68(62)78)59-45-57(79)55-43-25-26-44-58(55)86-59/h1-45,62,64,68H,46H2,(H,74,80)(H,75,76)/t62?,68-/m1/s1. The molecule has 2 atom stereocenters. The second-order valence-electron chi connectivity index (χ2n) is 20.7. The number of oxime groups is 1. The first-order valence-electron chi connectivity index (χ1n) is 28.1. The van der Waals surface area contributed by atoms with E-state index in [9.17, 15) is 4.79 Å². The van der Waals surface area contributed by atoms with Crippen LogP contribution in [-0.2, 0) is 30.3 Å². The molecule has 9 aromatic carbocycles. The number of nitrogens with zero attached hydrogens (tertiary/aromatic N) is 3. The highest BCUT2D eigenvalue weighted by molar-refractivity contribution is 8.00. The maximum Gasteiger partial charge on any atom is 0.276 e. The van der Waals surface area contributed by atoms with Crippen molar-refractivity contribution in [1.82, 2.24) is 15.2 Å². The van der Waals surface area contributed by atoms with Gasteiger partial charge in [0.05, 0.1) is 0 Å². The molecule has 4 heterocycles. The van der Waals surface area contributed by atoms with Crippen molar-refractivity contribution in [2.75, 3.05) is 11.1 Å². The number of ether oxygens (including phenoxy) is 1. The minimum absolute atomic E-state index is 0.0179. The third kappa shape index (κ3) is 11.0. The molecule has 11 aromatic rings. The van der Waals surface area contributed by atoms with Gasteiger partial charge in [0, 0.05) is 49.0 Å². The minimum atomic E-state index is -1.43. The molecule has 0 saturated carbocycles. The van der Waals surface area contributed by atoms with Crippen molar-refractivity contribution in [3.05, 3.63) is 348 Å². The Morgan fingerprint density at radius 2 is 1.06 bits per heavy atom. The van der Waals surface area contributed by atoms with Crippen molar-refractivity contribution in [2.45, 2.75) is 28.7 Å². The molecule has 2 aliphatic rings. The van der Waals surface area contributed by atoms with E-state index < -0.39 is 40.5 Å². The van der Waals surface area contributed by atoms with E-state index in [-0.39, 0.29) is 26.2 Å². The molecule has 2 amide bonds. The number of anilines is 1. The summed E-state index contributed by atoms with van der Waals surface area (Å²) in [7, 11) is 0. The second-order valence-corrected chi connectivity index (χ2v) is 24.9. The lowest BCUT2D eigenvalue weighted by atomic mass is 9.77. The number of amides is 2. The topological polar surface area (TPSA) is 122 Å². The van der Waals surface area contributed by atoms with E-state index in [4.69, 9.17) is 43.5 Å². The second kappa shape index (κ2) is 25.0. The normalized spacial score (nSPS) is 15.1. The highest BCUT2D eigenvalue weighted by atomic mass is 35.5. The molecule has 10 nitrogen and oxygen atoms in total. The van der Waals surface area contributed by atoms with Gasteiger partial charge in [-0.05, 0) is 52.2 Å². The number of thiocarbonyl (C=S) groups is 1. The Morgan fingerprint density at radius 3 is 1.55 bits per heavy atom. The van der Waals surface area contributed by atoms with Crippen LogP contribution in [0.1, 0.15) is 61.2 Å². The number of fused-ring (bicyclic) bond motifs is 2. The van der Waals surface area contributed by atoms with E-state index in [2.05, 4.69) is 47.0 Å². The molecule has 13 rings (SSSR count). The van der Waals surface area contributed by atoms with Crippen LogP contribution < -0.4 is 16.1 Å². The van der Waals surface area contributed by atoms with E-state index >= 15 is 9.59 Å². The quantitative estimate of drug-likeness (QED) is 0.0284. The summed E-state index contributed by atoms with van der Waals surface area (Å²) < 4.78 is 7.82. The third-order valence-electron chi connectivity index (χ3n) is 15.6. The predicted molar refractivity (Wildman–Crippen MR) is 355 cm³/mol. The Labute approximate surface area is 525 Å². The number of benzene rings is 9. The average molecular weight is 1230 g/mol. The number of hydrogen-bond acceptors (Lipinski definition) is 12. The average Bonchev–Trinajstić information content (AvgIpc) is 1.09. The molecule has 0 aliphatic carbocycles. The number of carbonyl (C=O) groups excluding carboxylic acids is 2. The smallest absolute Gasteiger partial charge is 0.276 e. The first kappa shape index (κ1) is 56.8. The molecule has 15 heteroatoms. The van der Waals surface area contributed by atoms with Crippen LogP contribution in [0.5, 0.6) is 0 Å². The van der Waals surface area contributed by atoms with Crippen molar-refractivity contribution in [3.63, 3.8) is 0 Å². The van der Waals surface area contributed by atoms with Gasteiger partial charge in [0.25, 0.3) is 11.8 Å². The highest BCUT2D eigenvalue weighted by Gasteiger charge is 2.55. The maximum atomic E-state index is 15.8. The Balaban J connectivity index is 0.923. The number of halogens is 1. The van der Waals surface area contributed by atoms with Gasteiger partial charge in [0.15, 0.2) is 16.3 Å². The molecule has 2 aromatic heterocycles. The van der Waals surface area contributed by atoms with Crippen molar-refractivity contribution in [1.29, 1.82) is 0 Å². The number of hydrogen-bond donors (Lipinski definition) is 2. The number of rotatable bonds is 18. The largest absolute Gasteiger partial charge is 0.469 e. The van der Waals surface area contributed by atoms with Crippen molar-refractivity contribution < 1.29 is 19.2 Å². The molecule has 2 aliphatic heterocycles. The molecule has 87 heavy (non-hydrogen) atoms. The number of aromatic nitrogens is 1. The molecule has 2 N–H and O–H groups in total. The van der Waals surface area contributed by atoms with Gasteiger partial charge in [0.2, 0.25) is 10.7 Å². The molecule has 426 valence electrons. The summed E-state index contributed by atoms with van der Waals surface area (Å²) in [5.74, 6) is -0.917. The maximum absolute atomic E-state index is 15.8. The summed E-state index contributed by atoms with van der Waals surface area (Å²) in [6, 6.07) is 86.8. The zero-order valence-corrected chi connectivity index (χ0v) is 50.3. The third-order valence-corrected chi connectivity index (χ3v) is 19.5. The fourth-order valence-electron chi connectivity index (χ4n) is 11.4. The Hall–Kier alpha value is -9.28. The van der Waals surface area contributed by atoms with Crippen LogP contribution in [0.4, 0.5) is 5.13 Å². The van der Waals surface area contributed by atoms with E-state index in [0.29, 0.717) is 32.4 Å². The SMILES string of the molecule is O=C(NC1C(=O)N2C(C(=S)OC(c3ccccc3)c3ccccc3)=C(c3cc(=O)c4ccccc4s3)CS[C@H]12)C(=NOC(c1ccccc1)(c1ccccc1)c1ccccc1)c1nc(NC(c2ccccc2)(c2ccccc2)c2ccccc2)sc1Cl. The lowest BCUT2D eigenvalue weighted by Crippen LogP contribution is -2.71. The first-order valence-corrected chi connectivity index (χ1v) is 31.5. The molecular formula is C72H52ClN5O5S4. The number of β-lactam (4-membered cyclic amide) rings is 1. The summed E-state index contributed by atoms with van der Waals surface area (Å²) in [6.45, 7) is 0. The van der Waals surface area contributed by atoms with Crippen LogP contribution in [0.15, 0.2) is 289 Å². The summed E-state index contributed by atoms with van der Waals surface area (Å²) in [4.78, 5) is 59.5. The summed E-state index contributed by atoms with van der Waals surface area (Å²) in [6.07, 6.45) is -0.655. The fourth-order valence-corrected chi connectivity index (χ4v) is 15.4. The summed E-state index contributed by atoms with van der Waals surface area (Å²) in [5, 5.41) is 12.2. The van der Waals surface area contributed by atoms with Crippen LogP contribution in [0.2, 0.25) is 4.34 Å². The molecule has 0 radical (unpaired) electrons. The van der Waals surface area contributed by atoms with Gasteiger partial charge < -0.3 is 20.2 Å². The Kier molecular flexibility index (Phi) is 16.3. The van der Waals surface area contributed by atoms with Crippen molar-refractivity contribution in [3.8, 4) is 0 Å². The first-order chi connectivity index (χ1) is 42.7. The summed E-state index contributed by atoms with van der Waals surface area (Å²) >= 11 is 17.8. The van der Waals surface area contributed by atoms with Crippen LogP contribution >= 0.6 is 58.3 Å². The molecule has 1 fully saturated rings. The number of carbonyl (C=O) groups is 2. The van der Waals surface area contributed by atoms with Crippen LogP contribution in [0, 0.1) is 0 Å². The van der Waals surface area contributed by atoms with E-state index in [0.717, 1.165) is 60.5 Å². The van der Waals surface area contributed by atoms with Crippen molar-refractivity contribution >= 4 is 102 Å². The Bertz CT molecular complexity index is 4180. The van der Waals surface area contributed by atoms with Gasteiger partial charge in [-0.2, -0.15) is 0 Å². The lowest BCUT2D eigenvalue weighted by Gasteiger charge is -2.50. The fraction of sp³-hybridized carbons (Fsp3) is 0.0833. The number of nitrogens with one attached hydrogen (secondary N) is 2. The van der Waals surface area contributed by atoms with Gasteiger partial charge in [-0.3, -0.25) is 19.3 Å². The van der Waals surface area contributed by atoms with Gasteiger partial charge in [-0.25, -0.2) is 4.98 Å². The zero-order valence-electron chi connectivity index (χ0n) is 46.3. The van der Waals surface area contributed by atoms with Crippen LogP contribution in [0.3, 0.4) is 0 Å². The van der Waals surface area contributed by atoms with Crippen molar-refractivity contribution in [2.24, 2.45) is 5.16 Å². The lowest BCUT2D eigenvalue weighted by molar-refractivity contribution is -0.144. The zero-order chi connectivity index (χ0) is 59.3. The minimum Gasteiger partial charge on any atom is -0.469 e. The molecule has 1 unspecified atom stereocenters. The van der Waals surface area contributed by atoms with E-state index in [1.807, 2.05) is 224 Å². The molecular weight excluding hydrogens is 1180 g/mol. The molecule has 1 saturated heterocycles. The van der Waals surface area contributed by atoms with Gasteiger partial charge >= 0.3 is 0 Å². The predicted octanol–water partition coefficient (Wildman–Crippen LogP) is 15.4. The van der Waals surface area contributed by atoms with Gasteiger partial charge in [0.1, 0.15) is 38.8 Å². The molecule has 0 spiro atoms. The van der Waals surface area contributed by atoms with Gasteiger partial charge in [-0.15, -0.1) is 23.1 Å². The molecule has 0 bridgehead atoms. The van der Waals surface area contributed by atoms with Crippen LogP contribution in [-0.4, -0.2) is 49.6 Å². The van der Waals surface area contributed by atoms with E-state index in [1.165, 1.54) is 23.1 Å². The highest BCUT2D eigenvalue weighted by Crippen LogP contribution is 2.48. The van der Waals surface area contributed by atoms with Crippen LogP contribution in [0.25, 0.3) is 15.7 Å². The monoisotopic (exact) mass is 1230 g/mol. The van der Waals surface area contributed by atoms with E-state index in [1.54, 1.807) is 17.0 Å². The Morgan fingerprint density at radius 1 is 0.609 bits per heavy atom. The van der Waals surface area contributed by atoms with Gasteiger partial charge in [-0.1, -0.05) is 283 Å². The number of thiazole rings is 1. The summed E-state index contributed by atoms with van der Waals surface area (Å²) in [5.41, 5.74) is 4.79. The number of thioether (sulfide) groups is 1.